The van der Waals surface area contributed by atoms with E-state index in [4.69, 9.17) is 21.7 Å². The molecular formula is C17H22N4O3S. The summed E-state index contributed by atoms with van der Waals surface area (Å²) in [4.78, 5) is 14.3. The van der Waals surface area contributed by atoms with E-state index in [1.165, 1.54) is 0 Å². The van der Waals surface area contributed by atoms with Gasteiger partial charge in [-0.1, -0.05) is 0 Å². The van der Waals surface area contributed by atoms with E-state index in [0.717, 1.165) is 17.1 Å². The molecular weight excluding hydrogens is 340 g/mol. The summed E-state index contributed by atoms with van der Waals surface area (Å²) in [7, 11) is 1.63. The van der Waals surface area contributed by atoms with Gasteiger partial charge >= 0.3 is 0 Å². The quantitative estimate of drug-likeness (QED) is 0.826. The van der Waals surface area contributed by atoms with Crippen LogP contribution in [0.5, 0.6) is 5.75 Å². The highest BCUT2D eigenvalue weighted by Crippen LogP contribution is 2.21. The van der Waals surface area contributed by atoms with Crippen LogP contribution in [-0.4, -0.2) is 58.5 Å². The number of nitrogens with one attached hydrogen (secondary N) is 1. The summed E-state index contributed by atoms with van der Waals surface area (Å²) in [5.41, 5.74) is 0.917. The zero-order valence-corrected chi connectivity index (χ0v) is 15.2. The number of morpholine rings is 1. The maximum Gasteiger partial charge on any atom is 0.224 e. The molecule has 134 valence electrons. The number of methoxy groups -OCH3 is 1. The highest BCUT2D eigenvalue weighted by atomic mass is 32.1. The molecule has 0 unspecified atom stereocenters. The van der Waals surface area contributed by atoms with Gasteiger partial charge in [-0.05, 0) is 43.4 Å². The Balaban J connectivity index is 1.71. The van der Waals surface area contributed by atoms with E-state index in [9.17, 15) is 4.79 Å². The number of benzene rings is 1. The normalized spacial score (nSPS) is 17.5. The Labute approximate surface area is 151 Å². The van der Waals surface area contributed by atoms with Crippen LogP contribution in [0.3, 0.4) is 0 Å². The number of carbonyl (C=O) groups is 1. The molecule has 1 aliphatic heterocycles. The summed E-state index contributed by atoms with van der Waals surface area (Å²) in [6, 6.07) is 7.59. The minimum atomic E-state index is 0.0867. The Morgan fingerprint density at radius 2 is 2.20 bits per heavy atom. The molecule has 3 rings (SSSR count). The standard InChI is InChI=1S/C17H22N4O3S/c1-12-11-20(9-10-24-12)15(22)7-8-21-16(18-19-17(21)25)13-3-5-14(23-2)6-4-13/h3-6,12H,7-11H2,1-2H3,(H,19,25)/t12-/m1/s1. The van der Waals surface area contributed by atoms with Gasteiger partial charge in [0.25, 0.3) is 0 Å². The van der Waals surface area contributed by atoms with Gasteiger partial charge in [-0.3, -0.25) is 14.5 Å². The molecule has 1 N–H and O–H groups in total. The molecule has 0 saturated carbocycles. The van der Waals surface area contributed by atoms with Crippen LogP contribution in [0.1, 0.15) is 13.3 Å². The van der Waals surface area contributed by atoms with E-state index in [2.05, 4.69) is 10.2 Å². The lowest BCUT2D eigenvalue weighted by Gasteiger charge is -2.31. The molecule has 2 aromatic rings. The van der Waals surface area contributed by atoms with Crippen molar-refractivity contribution in [1.82, 2.24) is 19.7 Å². The van der Waals surface area contributed by atoms with Gasteiger partial charge in [0.15, 0.2) is 10.6 Å². The van der Waals surface area contributed by atoms with Crippen molar-refractivity contribution in [2.24, 2.45) is 0 Å². The molecule has 2 heterocycles. The molecule has 8 heteroatoms. The van der Waals surface area contributed by atoms with Crippen LogP contribution in [0.15, 0.2) is 24.3 Å². The molecule has 1 fully saturated rings. The van der Waals surface area contributed by atoms with Crippen molar-refractivity contribution in [3.05, 3.63) is 29.0 Å². The minimum absolute atomic E-state index is 0.0867. The fraction of sp³-hybridized carbons (Fsp3) is 0.471. The van der Waals surface area contributed by atoms with E-state index in [-0.39, 0.29) is 12.0 Å². The molecule has 1 atom stereocenters. The SMILES string of the molecule is COc1ccc(-c2n[nH]c(=S)n2CCC(=O)N2CCO[C@H](C)C2)cc1. The predicted octanol–water partition coefficient (Wildman–Crippen LogP) is 2.25. The van der Waals surface area contributed by atoms with Crippen molar-refractivity contribution < 1.29 is 14.3 Å². The number of hydrogen-bond acceptors (Lipinski definition) is 5. The summed E-state index contributed by atoms with van der Waals surface area (Å²) in [5.74, 6) is 1.61. The van der Waals surface area contributed by atoms with E-state index in [1.807, 2.05) is 40.7 Å². The van der Waals surface area contributed by atoms with Gasteiger partial charge in [-0.2, -0.15) is 5.10 Å². The van der Waals surface area contributed by atoms with Gasteiger partial charge < -0.3 is 14.4 Å². The lowest BCUT2D eigenvalue weighted by atomic mass is 10.2. The third kappa shape index (κ3) is 4.08. The maximum absolute atomic E-state index is 12.5. The van der Waals surface area contributed by atoms with Crippen molar-refractivity contribution in [3.63, 3.8) is 0 Å². The number of carbonyl (C=O) groups excluding carboxylic acids is 1. The van der Waals surface area contributed by atoms with Crippen LogP contribution in [-0.2, 0) is 16.1 Å². The van der Waals surface area contributed by atoms with Crippen LogP contribution in [0.4, 0.5) is 0 Å². The molecule has 25 heavy (non-hydrogen) atoms. The van der Waals surface area contributed by atoms with Gasteiger partial charge in [-0.25, -0.2) is 0 Å². The Morgan fingerprint density at radius 3 is 2.88 bits per heavy atom. The molecule has 0 radical (unpaired) electrons. The molecule has 0 aliphatic carbocycles. The van der Waals surface area contributed by atoms with Crippen LogP contribution >= 0.6 is 12.2 Å². The second-order valence-corrected chi connectivity index (χ2v) is 6.39. The summed E-state index contributed by atoms with van der Waals surface area (Å²) < 4.78 is 13.0. The predicted molar refractivity (Wildman–Crippen MR) is 96.0 cm³/mol. The molecule has 1 aromatic carbocycles. The lowest BCUT2D eigenvalue weighted by molar-refractivity contribution is -0.138. The fourth-order valence-electron chi connectivity index (χ4n) is 2.90. The monoisotopic (exact) mass is 362 g/mol. The van der Waals surface area contributed by atoms with Crippen LogP contribution < -0.4 is 4.74 Å². The molecule has 0 bridgehead atoms. The van der Waals surface area contributed by atoms with Crippen molar-refractivity contribution >= 4 is 18.1 Å². The highest BCUT2D eigenvalue weighted by Gasteiger charge is 2.21. The number of rotatable bonds is 5. The minimum Gasteiger partial charge on any atom is -0.497 e. The smallest absolute Gasteiger partial charge is 0.224 e. The maximum atomic E-state index is 12.5. The fourth-order valence-corrected chi connectivity index (χ4v) is 3.12. The Kier molecular flexibility index (Phi) is 5.50. The topological polar surface area (TPSA) is 72.4 Å². The van der Waals surface area contributed by atoms with Crippen LogP contribution in [0.25, 0.3) is 11.4 Å². The van der Waals surface area contributed by atoms with Gasteiger partial charge in [-0.15, -0.1) is 0 Å². The average Bonchev–Trinajstić information content (AvgIpc) is 3.00. The largest absolute Gasteiger partial charge is 0.497 e. The molecule has 1 saturated heterocycles. The van der Waals surface area contributed by atoms with E-state index >= 15 is 0 Å². The van der Waals surface area contributed by atoms with E-state index in [0.29, 0.717) is 37.4 Å². The van der Waals surface area contributed by atoms with Crippen molar-refractivity contribution in [2.75, 3.05) is 26.8 Å². The molecule has 1 aliphatic rings. The van der Waals surface area contributed by atoms with Gasteiger partial charge in [0.1, 0.15) is 5.75 Å². The first kappa shape index (κ1) is 17.6. The second-order valence-electron chi connectivity index (χ2n) is 6.00. The van der Waals surface area contributed by atoms with Gasteiger partial charge in [0.05, 0.1) is 19.8 Å². The Bertz CT molecular complexity index is 784. The van der Waals surface area contributed by atoms with E-state index < -0.39 is 0 Å². The number of H-pyrrole nitrogens is 1. The average molecular weight is 362 g/mol. The molecule has 1 aromatic heterocycles. The number of amides is 1. The second kappa shape index (κ2) is 7.79. The van der Waals surface area contributed by atoms with Crippen molar-refractivity contribution in [2.45, 2.75) is 26.0 Å². The highest BCUT2D eigenvalue weighted by molar-refractivity contribution is 7.71. The Hall–Kier alpha value is -2.19. The van der Waals surface area contributed by atoms with Crippen molar-refractivity contribution in [1.29, 1.82) is 0 Å². The third-order valence-corrected chi connectivity index (χ3v) is 4.56. The molecule has 0 spiro atoms. The zero-order valence-electron chi connectivity index (χ0n) is 14.4. The first-order valence-electron chi connectivity index (χ1n) is 8.27. The third-order valence-electron chi connectivity index (χ3n) is 4.25. The number of aromatic amines is 1. The van der Waals surface area contributed by atoms with Gasteiger partial charge in [0.2, 0.25) is 5.91 Å². The van der Waals surface area contributed by atoms with E-state index in [1.54, 1.807) is 7.11 Å². The first-order valence-corrected chi connectivity index (χ1v) is 8.68. The number of aromatic nitrogens is 3. The number of hydrogen-bond donors (Lipinski definition) is 1. The van der Waals surface area contributed by atoms with Crippen LogP contribution in [0.2, 0.25) is 0 Å². The van der Waals surface area contributed by atoms with Crippen LogP contribution in [0, 0.1) is 4.77 Å². The molecule has 7 nitrogen and oxygen atoms in total. The number of ether oxygens (including phenoxy) is 2. The summed E-state index contributed by atoms with van der Waals surface area (Å²) >= 11 is 5.32. The summed E-state index contributed by atoms with van der Waals surface area (Å²) in [6.45, 7) is 4.34. The Morgan fingerprint density at radius 1 is 1.44 bits per heavy atom. The zero-order chi connectivity index (χ0) is 17.8. The molecule has 1 amide bonds. The van der Waals surface area contributed by atoms with Gasteiger partial charge in [0, 0.05) is 31.6 Å². The lowest BCUT2D eigenvalue weighted by Crippen LogP contribution is -2.44. The number of nitrogens with zero attached hydrogens (tertiary/aromatic N) is 3. The summed E-state index contributed by atoms with van der Waals surface area (Å²) in [6.07, 6.45) is 0.465. The van der Waals surface area contributed by atoms with Crippen molar-refractivity contribution in [3.8, 4) is 17.1 Å². The first-order chi connectivity index (χ1) is 12.1. The summed E-state index contributed by atoms with van der Waals surface area (Å²) in [5, 5.41) is 7.12.